The van der Waals surface area contributed by atoms with E-state index in [-0.39, 0.29) is 43.1 Å². The average molecular weight is 442 g/mol. The lowest BCUT2D eigenvalue weighted by molar-refractivity contribution is -0.133. The highest BCUT2D eigenvalue weighted by Crippen LogP contribution is 2.35. The molecule has 0 bridgehead atoms. The van der Waals surface area contributed by atoms with Gasteiger partial charge in [-0.05, 0) is 39.1 Å². The molecule has 0 radical (unpaired) electrons. The van der Waals surface area contributed by atoms with Crippen molar-refractivity contribution in [3.63, 3.8) is 0 Å². The number of benzene rings is 1. The molecule has 0 spiro atoms. The third-order valence-electron chi connectivity index (χ3n) is 4.78. The van der Waals surface area contributed by atoms with Gasteiger partial charge in [-0.1, -0.05) is 12.1 Å². The van der Waals surface area contributed by atoms with Crippen LogP contribution in [-0.4, -0.2) is 74.7 Å². The van der Waals surface area contributed by atoms with Gasteiger partial charge in [0.15, 0.2) is 0 Å². The van der Waals surface area contributed by atoms with Crippen molar-refractivity contribution in [3.8, 4) is 5.75 Å². The zero-order valence-corrected chi connectivity index (χ0v) is 18.4. The molecule has 1 amide bonds. The molecule has 2 aliphatic rings. The molecule has 0 unspecified atom stereocenters. The second kappa shape index (κ2) is 11.2. The number of piperazine rings is 1. The van der Waals surface area contributed by atoms with E-state index in [2.05, 4.69) is 15.9 Å². The molecule has 1 saturated heterocycles. The van der Waals surface area contributed by atoms with Crippen molar-refractivity contribution in [2.45, 2.75) is 18.4 Å². The molecule has 9 heteroatoms. The minimum Gasteiger partial charge on any atom is -0.490 e. The van der Waals surface area contributed by atoms with E-state index in [1.165, 1.54) is 0 Å². The summed E-state index contributed by atoms with van der Waals surface area (Å²) in [6.45, 7) is 4.63. The Labute approximate surface area is 180 Å². The maximum Gasteiger partial charge on any atom is 0.242 e. The van der Waals surface area contributed by atoms with Crippen LogP contribution in [0.15, 0.2) is 24.3 Å². The van der Waals surface area contributed by atoms with Crippen molar-refractivity contribution in [1.82, 2.24) is 9.80 Å². The number of hydrogen-bond acceptors (Lipinski definition) is 5. The fraction of sp³-hybridized carbons (Fsp3) is 0.611. The summed E-state index contributed by atoms with van der Waals surface area (Å²) in [6, 6.07) is 8.14. The number of nitrogens with two attached hydrogens (primary N) is 1. The first-order valence-electron chi connectivity index (χ1n) is 8.69. The first-order valence-corrected chi connectivity index (χ1v) is 8.69. The minimum absolute atomic E-state index is 0. The molecule has 3 rings (SSSR count). The Bertz CT molecular complexity index is 592. The van der Waals surface area contributed by atoms with Crippen molar-refractivity contribution >= 4 is 48.8 Å². The van der Waals surface area contributed by atoms with Crippen LogP contribution < -0.4 is 15.4 Å². The smallest absolute Gasteiger partial charge is 0.242 e. The van der Waals surface area contributed by atoms with Gasteiger partial charge in [-0.3, -0.25) is 4.79 Å². The predicted octanol–water partition coefficient (Wildman–Crippen LogP) is 2.03. The van der Waals surface area contributed by atoms with Crippen LogP contribution in [0.3, 0.4) is 0 Å². The normalized spacial score (nSPS) is 17.3. The third kappa shape index (κ3) is 6.57. The molecule has 1 saturated carbocycles. The molecule has 1 aromatic carbocycles. The van der Waals surface area contributed by atoms with Gasteiger partial charge >= 0.3 is 0 Å². The zero-order chi connectivity index (χ0) is 17.2. The molecule has 6 nitrogen and oxygen atoms in total. The molecule has 1 aliphatic carbocycles. The Morgan fingerprint density at radius 2 is 1.70 bits per heavy atom. The summed E-state index contributed by atoms with van der Waals surface area (Å²) < 4.78 is 5.96. The highest BCUT2D eigenvalue weighted by Gasteiger charge is 2.48. The van der Waals surface area contributed by atoms with E-state index in [1.807, 2.05) is 37.2 Å². The van der Waals surface area contributed by atoms with Crippen LogP contribution >= 0.6 is 37.2 Å². The summed E-state index contributed by atoms with van der Waals surface area (Å²) in [4.78, 5) is 18.7. The standard InChI is InChI=1S/C18H28N4O2.3ClH/c1-20(2)13-14-24-16-6-4-3-5-15(16)21-9-11-22(12-10-21)17(23)18(19)7-8-18;;;/h3-6H,7-14,19H2,1-2H3;3*1H. The summed E-state index contributed by atoms with van der Waals surface area (Å²) in [5.41, 5.74) is 6.59. The quantitative estimate of drug-likeness (QED) is 0.732. The van der Waals surface area contributed by atoms with E-state index < -0.39 is 5.54 Å². The number of carbonyl (C=O) groups excluding carboxylic acids is 1. The lowest BCUT2D eigenvalue weighted by atomic mass is 10.2. The second-order valence-electron chi connectivity index (χ2n) is 7.05. The molecule has 1 aliphatic heterocycles. The number of rotatable bonds is 6. The van der Waals surface area contributed by atoms with Crippen molar-refractivity contribution in [3.05, 3.63) is 24.3 Å². The van der Waals surface area contributed by atoms with Crippen LogP contribution in [0.1, 0.15) is 12.8 Å². The van der Waals surface area contributed by atoms with Gasteiger partial charge in [-0.15, -0.1) is 37.2 Å². The van der Waals surface area contributed by atoms with E-state index in [0.29, 0.717) is 6.61 Å². The monoisotopic (exact) mass is 440 g/mol. The van der Waals surface area contributed by atoms with Crippen LogP contribution in [0, 0.1) is 0 Å². The molecular weight excluding hydrogens is 411 g/mol. The van der Waals surface area contributed by atoms with Crippen molar-refractivity contribution < 1.29 is 9.53 Å². The van der Waals surface area contributed by atoms with Crippen LogP contribution in [-0.2, 0) is 4.79 Å². The molecule has 2 fully saturated rings. The number of likely N-dealkylation sites (N-methyl/N-ethyl adjacent to an activating group) is 1. The molecule has 2 N–H and O–H groups in total. The highest BCUT2D eigenvalue weighted by molar-refractivity contribution is 5.89. The lowest BCUT2D eigenvalue weighted by Gasteiger charge is -2.37. The van der Waals surface area contributed by atoms with Crippen LogP contribution in [0.4, 0.5) is 5.69 Å². The molecule has 27 heavy (non-hydrogen) atoms. The van der Waals surface area contributed by atoms with Gasteiger partial charge in [-0.25, -0.2) is 0 Å². The molecule has 1 heterocycles. The van der Waals surface area contributed by atoms with Gasteiger partial charge in [0.05, 0.1) is 11.2 Å². The van der Waals surface area contributed by atoms with Gasteiger partial charge in [0, 0.05) is 32.7 Å². The fourth-order valence-corrected chi connectivity index (χ4v) is 2.99. The number of anilines is 1. The first kappa shape index (κ1) is 26.1. The number of nitrogens with zero attached hydrogens (tertiary/aromatic N) is 3. The van der Waals surface area contributed by atoms with E-state index in [4.69, 9.17) is 10.5 Å². The number of para-hydroxylation sites is 2. The Morgan fingerprint density at radius 1 is 1.11 bits per heavy atom. The van der Waals surface area contributed by atoms with Crippen LogP contribution in [0.25, 0.3) is 0 Å². The van der Waals surface area contributed by atoms with Gasteiger partial charge in [0.1, 0.15) is 12.4 Å². The van der Waals surface area contributed by atoms with Gasteiger partial charge in [-0.2, -0.15) is 0 Å². The number of halogens is 3. The number of hydrogen-bond donors (Lipinski definition) is 1. The highest BCUT2D eigenvalue weighted by atomic mass is 35.5. The van der Waals surface area contributed by atoms with Crippen molar-refractivity contribution in [1.29, 1.82) is 0 Å². The summed E-state index contributed by atoms with van der Waals surface area (Å²) in [6.07, 6.45) is 1.66. The fourth-order valence-electron chi connectivity index (χ4n) is 2.99. The summed E-state index contributed by atoms with van der Waals surface area (Å²) in [5, 5.41) is 0. The topological polar surface area (TPSA) is 62.0 Å². The van der Waals surface area contributed by atoms with Crippen molar-refractivity contribution in [2.24, 2.45) is 5.73 Å². The van der Waals surface area contributed by atoms with E-state index >= 15 is 0 Å². The zero-order valence-electron chi connectivity index (χ0n) is 15.9. The van der Waals surface area contributed by atoms with Crippen LogP contribution in [0.5, 0.6) is 5.75 Å². The molecule has 0 aromatic heterocycles. The lowest BCUT2D eigenvalue weighted by Crippen LogP contribution is -2.54. The summed E-state index contributed by atoms with van der Waals surface area (Å²) in [5.74, 6) is 1.04. The van der Waals surface area contributed by atoms with E-state index in [9.17, 15) is 4.79 Å². The number of amides is 1. The summed E-state index contributed by atoms with van der Waals surface area (Å²) in [7, 11) is 4.07. The van der Waals surface area contributed by atoms with E-state index in [1.54, 1.807) is 0 Å². The first-order chi connectivity index (χ1) is 11.5. The minimum atomic E-state index is -0.560. The maximum atomic E-state index is 12.4. The number of carbonyl (C=O) groups is 1. The average Bonchev–Trinajstić information content (AvgIpc) is 3.33. The predicted molar refractivity (Wildman–Crippen MR) is 117 cm³/mol. The maximum absolute atomic E-state index is 12.4. The largest absolute Gasteiger partial charge is 0.490 e. The SMILES string of the molecule is CN(C)CCOc1ccccc1N1CCN(C(=O)C2(N)CC2)CC1.Cl.Cl.Cl. The molecule has 0 atom stereocenters. The Hall–Kier alpha value is -0.920. The van der Waals surface area contributed by atoms with E-state index in [0.717, 1.165) is 57.0 Å². The second-order valence-corrected chi connectivity index (χ2v) is 7.05. The molecule has 1 aromatic rings. The third-order valence-corrected chi connectivity index (χ3v) is 4.78. The molecule has 156 valence electrons. The van der Waals surface area contributed by atoms with Gasteiger partial charge < -0.3 is 25.2 Å². The Kier molecular flexibility index (Phi) is 10.8. The van der Waals surface area contributed by atoms with Crippen LogP contribution in [0.2, 0.25) is 0 Å². The van der Waals surface area contributed by atoms with Gasteiger partial charge in [0.25, 0.3) is 0 Å². The molecular formula is C18H31Cl3N4O2. The summed E-state index contributed by atoms with van der Waals surface area (Å²) >= 11 is 0. The van der Waals surface area contributed by atoms with Gasteiger partial charge in [0.2, 0.25) is 5.91 Å². The number of ether oxygens (including phenoxy) is 1. The Balaban J connectivity index is 0.00000225. The van der Waals surface area contributed by atoms with Crippen molar-refractivity contribution in [2.75, 3.05) is 58.3 Å². The Morgan fingerprint density at radius 3 is 2.26 bits per heavy atom.